The van der Waals surface area contributed by atoms with Gasteiger partial charge in [-0.15, -0.1) is 0 Å². The summed E-state index contributed by atoms with van der Waals surface area (Å²) < 4.78 is 11.0. The molecule has 6 N–H and O–H groups in total. The lowest BCUT2D eigenvalue weighted by molar-refractivity contribution is -0.302. The van der Waals surface area contributed by atoms with E-state index in [1.165, 1.54) is 77.0 Å². The average molecular weight is 590 g/mol. The second-order valence-corrected chi connectivity index (χ2v) is 12.0. The molecular formula is C32H63NO8. The number of hydrogen-bond acceptors (Lipinski definition) is 8. The van der Waals surface area contributed by atoms with E-state index in [2.05, 4.69) is 19.2 Å². The third-order valence-electron chi connectivity index (χ3n) is 8.21. The predicted molar refractivity (Wildman–Crippen MR) is 161 cm³/mol. The molecule has 1 amide bonds. The van der Waals surface area contributed by atoms with Crippen LogP contribution in [0.2, 0.25) is 0 Å². The van der Waals surface area contributed by atoms with Gasteiger partial charge in [-0.05, 0) is 12.8 Å². The first-order valence-electron chi connectivity index (χ1n) is 16.7. The molecule has 9 heteroatoms. The molecular weight excluding hydrogens is 526 g/mol. The molecule has 0 saturated carbocycles. The van der Waals surface area contributed by atoms with E-state index in [0.717, 1.165) is 38.5 Å². The van der Waals surface area contributed by atoms with Crippen LogP contribution >= 0.6 is 0 Å². The van der Waals surface area contributed by atoms with Crippen LogP contribution in [-0.2, 0) is 14.3 Å². The van der Waals surface area contributed by atoms with Crippen molar-refractivity contribution in [1.29, 1.82) is 0 Å². The number of aliphatic hydroxyl groups excluding tert-OH is 5. The molecule has 41 heavy (non-hydrogen) atoms. The van der Waals surface area contributed by atoms with Gasteiger partial charge in [0, 0.05) is 6.42 Å². The molecule has 1 rings (SSSR count). The van der Waals surface area contributed by atoms with Gasteiger partial charge >= 0.3 is 0 Å². The summed E-state index contributed by atoms with van der Waals surface area (Å²) in [5.74, 6) is -0.156. The molecule has 0 spiro atoms. The highest BCUT2D eigenvalue weighted by Crippen LogP contribution is 2.22. The smallest absolute Gasteiger partial charge is 0.220 e. The summed E-state index contributed by atoms with van der Waals surface area (Å²) in [5, 5.41) is 53.2. The lowest BCUT2D eigenvalue weighted by Crippen LogP contribution is -2.60. The first kappa shape index (κ1) is 38.2. The summed E-state index contributed by atoms with van der Waals surface area (Å²) in [6.07, 6.45) is 14.8. The molecule has 1 aliphatic rings. The molecule has 1 saturated heterocycles. The van der Waals surface area contributed by atoms with E-state index in [4.69, 9.17) is 9.47 Å². The Bertz CT molecular complexity index is 623. The van der Waals surface area contributed by atoms with E-state index in [9.17, 15) is 30.3 Å². The Morgan fingerprint density at radius 2 is 1.22 bits per heavy atom. The van der Waals surface area contributed by atoms with Crippen LogP contribution in [0.5, 0.6) is 0 Å². The zero-order chi connectivity index (χ0) is 30.3. The van der Waals surface area contributed by atoms with Crippen LogP contribution in [0.25, 0.3) is 0 Å². The Hall–Kier alpha value is -0.810. The molecule has 1 heterocycles. The summed E-state index contributed by atoms with van der Waals surface area (Å²) in [6.45, 7) is 3.64. The molecule has 9 nitrogen and oxygen atoms in total. The highest BCUT2D eigenvalue weighted by Gasteiger charge is 2.44. The Kier molecular flexibility index (Phi) is 22.9. The third-order valence-corrected chi connectivity index (χ3v) is 8.21. The minimum Gasteiger partial charge on any atom is -0.394 e. The van der Waals surface area contributed by atoms with Crippen molar-refractivity contribution in [3.63, 3.8) is 0 Å². The number of carbonyl (C=O) groups excluding carboxylic acids is 1. The molecule has 0 aromatic rings. The summed E-state index contributed by atoms with van der Waals surface area (Å²) in [5.41, 5.74) is 0. The van der Waals surface area contributed by atoms with Crippen molar-refractivity contribution in [3.8, 4) is 0 Å². The highest BCUT2D eigenvalue weighted by atomic mass is 16.7. The second-order valence-electron chi connectivity index (χ2n) is 12.0. The Labute approximate surface area is 249 Å². The first-order valence-corrected chi connectivity index (χ1v) is 16.7. The highest BCUT2D eigenvalue weighted by molar-refractivity contribution is 5.76. The topological polar surface area (TPSA) is 149 Å². The van der Waals surface area contributed by atoms with Gasteiger partial charge in [-0.1, -0.05) is 123 Å². The zero-order valence-corrected chi connectivity index (χ0v) is 26.1. The fourth-order valence-corrected chi connectivity index (χ4v) is 5.39. The van der Waals surface area contributed by atoms with E-state index >= 15 is 0 Å². The van der Waals surface area contributed by atoms with Gasteiger partial charge in [0.05, 0.1) is 25.4 Å². The maximum absolute atomic E-state index is 12.7. The van der Waals surface area contributed by atoms with Crippen LogP contribution < -0.4 is 5.32 Å². The van der Waals surface area contributed by atoms with E-state index in [1.807, 2.05) is 0 Å². The monoisotopic (exact) mass is 589 g/mol. The Morgan fingerprint density at radius 3 is 1.73 bits per heavy atom. The summed E-state index contributed by atoms with van der Waals surface area (Å²) >= 11 is 0. The number of amides is 1. The summed E-state index contributed by atoms with van der Waals surface area (Å²) in [6, 6.07) is -0.705. The number of ether oxygens (including phenoxy) is 2. The quantitative estimate of drug-likeness (QED) is 0.0809. The van der Waals surface area contributed by atoms with Crippen LogP contribution in [0.3, 0.4) is 0 Å². The van der Waals surface area contributed by atoms with Gasteiger partial charge in [-0.3, -0.25) is 4.79 Å². The van der Waals surface area contributed by atoms with Gasteiger partial charge in [-0.2, -0.15) is 0 Å². The van der Waals surface area contributed by atoms with Crippen molar-refractivity contribution in [2.45, 2.75) is 185 Å². The van der Waals surface area contributed by atoms with Crippen LogP contribution in [0, 0.1) is 0 Å². The number of nitrogens with one attached hydrogen (secondary N) is 1. The third kappa shape index (κ3) is 17.2. The van der Waals surface area contributed by atoms with Crippen LogP contribution in [0.4, 0.5) is 0 Å². The number of unbranched alkanes of at least 4 members (excludes halogenated alkanes) is 16. The first-order chi connectivity index (χ1) is 19.8. The van der Waals surface area contributed by atoms with E-state index < -0.39 is 49.5 Å². The molecule has 1 aliphatic heterocycles. The number of rotatable bonds is 26. The van der Waals surface area contributed by atoms with Crippen molar-refractivity contribution in [2.24, 2.45) is 0 Å². The normalized spacial score (nSPS) is 24.3. The van der Waals surface area contributed by atoms with Crippen molar-refractivity contribution in [2.75, 3.05) is 13.2 Å². The minimum absolute atomic E-state index is 0.138. The lowest BCUT2D eigenvalue weighted by Gasteiger charge is -2.40. The van der Waals surface area contributed by atoms with E-state index in [0.29, 0.717) is 12.8 Å². The van der Waals surface area contributed by atoms with Gasteiger partial charge < -0.3 is 40.3 Å². The molecule has 0 radical (unpaired) electrons. The number of aliphatic hydroxyl groups is 5. The van der Waals surface area contributed by atoms with Gasteiger partial charge in [0.25, 0.3) is 0 Å². The van der Waals surface area contributed by atoms with Crippen molar-refractivity contribution < 1.29 is 39.8 Å². The molecule has 1 fully saturated rings. The minimum atomic E-state index is -1.54. The average Bonchev–Trinajstić information content (AvgIpc) is 2.96. The molecule has 0 aromatic heterocycles. The van der Waals surface area contributed by atoms with Crippen LogP contribution in [-0.4, -0.2) is 87.5 Å². The van der Waals surface area contributed by atoms with Gasteiger partial charge in [0.1, 0.15) is 24.4 Å². The van der Waals surface area contributed by atoms with E-state index in [1.54, 1.807) is 0 Å². The maximum Gasteiger partial charge on any atom is 0.220 e. The second kappa shape index (κ2) is 24.6. The maximum atomic E-state index is 12.7. The van der Waals surface area contributed by atoms with Crippen molar-refractivity contribution in [1.82, 2.24) is 5.32 Å². The van der Waals surface area contributed by atoms with Crippen molar-refractivity contribution >= 4 is 5.91 Å². The predicted octanol–water partition coefficient (Wildman–Crippen LogP) is 4.49. The largest absolute Gasteiger partial charge is 0.394 e. The van der Waals surface area contributed by atoms with E-state index in [-0.39, 0.29) is 12.5 Å². The fraction of sp³-hybridized carbons (Fsp3) is 0.969. The molecule has 7 unspecified atom stereocenters. The lowest BCUT2D eigenvalue weighted by atomic mass is 9.99. The van der Waals surface area contributed by atoms with Crippen LogP contribution in [0.15, 0.2) is 0 Å². The summed E-state index contributed by atoms with van der Waals surface area (Å²) in [7, 11) is 0. The SMILES string of the molecule is CCCCCCCCCCCCCCCCCC(=O)NC(COC1OC(CO)C(O)C(O)C1O)C(O)CCCCC. The molecule has 244 valence electrons. The van der Waals surface area contributed by atoms with Gasteiger partial charge in [-0.25, -0.2) is 0 Å². The zero-order valence-electron chi connectivity index (χ0n) is 26.1. The van der Waals surface area contributed by atoms with Crippen LogP contribution in [0.1, 0.15) is 142 Å². The Morgan fingerprint density at radius 1 is 0.732 bits per heavy atom. The van der Waals surface area contributed by atoms with Gasteiger partial charge in [0.15, 0.2) is 6.29 Å². The standard InChI is InChI=1S/C32H63NO8/c1-3-5-7-8-9-10-11-12-13-14-15-16-17-18-20-22-28(36)33-25(26(35)21-19-6-4-2)24-40-32-31(39)30(38)29(37)27(23-34)41-32/h25-27,29-32,34-35,37-39H,3-24H2,1-2H3,(H,33,36). The molecule has 0 aromatic carbocycles. The number of carbonyl (C=O) groups is 1. The van der Waals surface area contributed by atoms with Gasteiger partial charge in [0.2, 0.25) is 5.91 Å². The molecule has 7 atom stereocenters. The van der Waals surface area contributed by atoms with Crippen molar-refractivity contribution in [3.05, 3.63) is 0 Å². The number of hydrogen-bond donors (Lipinski definition) is 6. The Balaban J connectivity index is 2.28. The molecule has 0 bridgehead atoms. The fourth-order valence-electron chi connectivity index (χ4n) is 5.39. The summed E-state index contributed by atoms with van der Waals surface area (Å²) in [4.78, 5) is 12.7. The molecule has 0 aliphatic carbocycles.